The molecule has 0 heterocycles. The van der Waals surface area contributed by atoms with E-state index in [1.165, 1.54) is 6.41 Å². The Morgan fingerprint density at radius 3 is 2.33 bits per heavy atom. The molecule has 0 bridgehead atoms. The van der Waals surface area contributed by atoms with Gasteiger partial charge in [-0.3, -0.25) is 4.79 Å². The second kappa shape index (κ2) is 4.09. The molecular weight excluding hydrogens is 158 g/mol. The highest BCUT2D eigenvalue weighted by molar-refractivity contribution is 5.78. The van der Waals surface area contributed by atoms with Gasteiger partial charge in [0.25, 0.3) is 0 Å². The van der Waals surface area contributed by atoms with Crippen LogP contribution in [0.5, 0.6) is 0 Å². The van der Waals surface area contributed by atoms with Crippen LogP contribution in [0.2, 0.25) is 0 Å². The van der Waals surface area contributed by atoms with Crippen molar-refractivity contribution in [3.05, 3.63) is 0 Å². The quantitative estimate of drug-likeness (QED) is 0.494. The first-order valence-electron chi connectivity index (χ1n) is 3.72. The largest absolute Gasteiger partial charge is 0.458 e. The Morgan fingerprint density at radius 1 is 1.50 bits per heavy atom. The van der Waals surface area contributed by atoms with E-state index in [1.54, 1.807) is 27.7 Å². The lowest BCUT2D eigenvalue weighted by Crippen LogP contribution is -2.38. The van der Waals surface area contributed by atoms with Gasteiger partial charge in [-0.25, -0.2) is 4.79 Å². The fourth-order valence-electron chi connectivity index (χ4n) is 0.537. The van der Waals surface area contributed by atoms with Gasteiger partial charge in [0.05, 0.1) is 0 Å². The summed E-state index contributed by atoms with van der Waals surface area (Å²) in [5, 5.41) is 2.19. The minimum absolute atomic E-state index is 0.453. The first kappa shape index (κ1) is 10.9. The van der Waals surface area contributed by atoms with Crippen molar-refractivity contribution >= 4 is 12.4 Å². The summed E-state index contributed by atoms with van der Waals surface area (Å²) in [5.74, 6) is -0.453. The third-order valence-corrected chi connectivity index (χ3v) is 1.04. The number of hydrogen-bond acceptors (Lipinski definition) is 3. The van der Waals surface area contributed by atoms with E-state index in [0.29, 0.717) is 0 Å². The van der Waals surface area contributed by atoms with Crippen molar-refractivity contribution < 1.29 is 14.3 Å². The molecule has 4 nitrogen and oxygen atoms in total. The van der Waals surface area contributed by atoms with Gasteiger partial charge in [0, 0.05) is 0 Å². The van der Waals surface area contributed by atoms with E-state index in [4.69, 9.17) is 4.74 Å². The number of hydrogen-bond donors (Lipinski definition) is 1. The summed E-state index contributed by atoms with van der Waals surface area (Å²) >= 11 is 0. The fraction of sp³-hybridized carbons (Fsp3) is 0.750. The van der Waals surface area contributed by atoms with E-state index < -0.39 is 17.6 Å². The first-order chi connectivity index (χ1) is 5.37. The van der Waals surface area contributed by atoms with Gasteiger partial charge < -0.3 is 10.1 Å². The van der Waals surface area contributed by atoms with E-state index in [1.807, 2.05) is 0 Å². The van der Waals surface area contributed by atoms with Crippen molar-refractivity contribution in [3.8, 4) is 0 Å². The molecule has 1 radical (unpaired) electrons. The van der Waals surface area contributed by atoms with Crippen LogP contribution in [-0.2, 0) is 14.3 Å². The van der Waals surface area contributed by atoms with Crippen molar-refractivity contribution in [2.45, 2.75) is 39.3 Å². The average Bonchev–Trinajstić information content (AvgIpc) is 1.84. The number of ether oxygens (including phenoxy) is 1. The molecule has 0 aromatic heterocycles. The fourth-order valence-corrected chi connectivity index (χ4v) is 0.537. The normalized spacial score (nSPS) is 13.3. The lowest BCUT2D eigenvalue weighted by molar-refractivity contribution is -0.156. The number of rotatable bonds is 3. The lowest BCUT2D eigenvalue weighted by Gasteiger charge is -2.21. The minimum Gasteiger partial charge on any atom is -0.458 e. The molecular formula is C8H14NO3. The van der Waals surface area contributed by atoms with Crippen molar-refractivity contribution in [1.82, 2.24) is 5.32 Å². The van der Waals surface area contributed by atoms with Crippen molar-refractivity contribution in [2.24, 2.45) is 0 Å². The maximum absolute atomic E-state index is 11.1. The molecule has 0 aromatic rings. The van der Waals surface area contributed by atoms with Gasteiger partial charge in [0.1, 0.15) is 11.6 Å². The zero-order chi connectivity index (χ0) is 9.78. The van der Waals surface area contributed by atoms with Gasteiger partial charge in [-0.15, -0.1) is 0 Å². The molecule has 0 fully saturated rings. The van der Waals surface area contributed by atoms with E-state index >= 15 is 0 Å². The lowest BCUT2D eigenvalue weighted by atomic mass is 10.2. The molecule has 1 unspecified atom stereocenters. The number of carbonyl (C=O) groups is 1. The second-order valence-corrected chi connectivity index (χ2v) is 3.50. The number of carbonyl (C=O) groups excluding carboxylic acids is 2. The van der Waals surface area contributed by atoms with Crippen molar-refractivity contribution in [2.75, 3.05) is 0 Å². The first-order valence-corrected chi connectivity index (χ1v) is 3.72. The van der Waals surface area contributed by atoms with Gasteiger partial charge >= 0.3 is 12.4 Å². The summed E-state index contributed by atoms with van der Waals surface area (Å²) in [6, 6.07) is -0.637. The highest BCUT2D eigenvalue weighted by Crippen LogP contribution is 2.07. The van der Waals surface area contributed by atoms with Crippen LogP contribution in [0, 0.1) is 0 Å². The van der Waals surface area contributed by atoms with E-state index in [-0.39, 0.29) is 0 Å². The van der Waals surface area contributed by atoms with Crippen LogP contribution in [-0.4, -0.2) is 24.0 Å². The molecule has 0 aliphatic carbocycles. The zero-order valence-corrected chi connectivity index (χ0v) is 7.80. The average molecular weight is 172 g/mol. The summed E-state index contributed by atoms with van der Waals surface area (Å²) in [7, 11) is 0. The van der Waals surface area contributed by atoms with Crippen LogP contribution in [0.1, 0.15) is 27.7 Å². The van der Waals surface area contributed by atoms with Crippen LogP contribution in [0.25, 0.3) is 0 Å². The van der Waals surface area contributed by atoms with E-state index in [0.717, 1.165) is 0 Å². The summed E-state index contributed by atoms with van der Waals surface area (Å²) in [6.45, 7) is 6.84. The molecule has 0 aliphatic heterocycles. The third kappa shape index (κ3) is 4.71. The Hall–Kier alpha value is -1.06. The Kier molecular flexibility index (Phi) is 3.73. The van der Waals surface area contributed by atoms with Crippen LogP contribution < -0.4 is 5.32 Å². The zero-order valence-electron chi connectivity index (χ0n) is 7.80. The molecule has 0 spiro atoms. The molecule has 12 heavy (non-hydrogen) atoms. The summed E-state index contributed by atoms with van der Waals surface area (Å²) in [5.41, 5.74) is -0.518. The molecule has 0 saturated carbocycles. The second-order valence-electron chi connectivity index (χ2n) is 3.50. The predicted octanol–water partition coefficient (Wildman–Crippen LogP) is 0.373. The topological polar surface area (TPSA) is 55.4 Å². The smallest absolute Gasteiger partial charge is 0.328 e. The third-order valence-electron chi connectivity index (χ3n) is 1.04. The predicted molar refractivity (Wildman–Crippen MR) is 44.1 cm³/mol. The van der Waals surface area contributed by atoms with Crippen molar-refractivity contribution in [3.63, 3.8) is 0 Å². The molecule has 4 heteroatoms. The van der Waals surface area contributed by atoms with Crippen LogP contribution in [0.3, 0.4) is 0 Å². The monoisotopic (exact) mass is 172 g/mol. The number of esters is 1. The summed E-state index contributed by atoms with van der Waals surface area (Å²) in [4.78, 5) is 20.9. The SMILES string of the molecule is CC(N[C]=O)C(=O)OC(C)(C)C. The van der Waals surface area contributed by atoms with Crippen LogP contribution in [0.4, 0.5) is 0 Å². The molecule has 1 N–H and O–H groups in total. The summed E-state index contributed by atoms with van der Waals surface area (Å²) < 4.78 is 4.97. The van der Waals surface area contributed by atoms with Gasteiger partial charge in [-0.1, -0.05) is 0 Å². The maximum atomic E-state index is 11.1. The molecule has 1 amide bonds. The molecule has 0 rings (SSSR count). The number of amides is 1. The van der Waals surface area contributed by atoms with Crippen LogP contribution >= 0.6 is 0 Å². The molecule has 0 aromatic carbocycles. The Morgan fingerprint density at radius 2 is 2.00 bits per heavy atom. The molecule has 1 atom stereocenters. The van der Waals surface area contributed by atoms with E-state index in [9.17, 15) is 9.59 Å². The van der Waals surface area contributed by atoms with E-state index in [2.05, 4.69) is 5.32 Å². The molecule has 0 aliphatic rings. The Balaban J connectivity index is 3.95. The number of nitrogens with one attached hydrogen (secondary N) is 1. The van der Waals surface area contributed by atoms with Crippen molar-refractivity contribution in [1.29, 1.82) is 0 Å². The Labute approximate surface area is 72.3 Å². The van der Waals surface area contributed by atoms with Gasteiger partial charge in [0.15, 0.2) is 0 Å². The highest BCUT2D eigenvalue weighted by Gasteiger charge is 2.20. The molecule has 0 saturated heterocycles. The van der Waals surface area contributed by atoms with Gasteiger partial charge in [-0.05, 0) is 27.7 Å². The standard InChI is InChI=1S/C8H14NO3/c1-6(9-5-10)7(11)12-8(2,3)4/h6H,1-4H3,(H,9,10). The summed E-state index contributed by atoms with van der Waals surface area (Å²) in [6.07, 6.45) is 1.43. The highest BCUT2D eigenvalue weighted by atomic mass is 16.6. The van der Waals surface area contributed by atoms with Gasteiger partial charge in [0.2, 0.25) is 0 Å². The maximum Gasteiger partial charge on any atom is 0.328 e. The Bertz CT molecular complexity index is 172. The van der Waals surface area contributed by atoms with Gasteiger partial charge in [-0.2, -0.15) is 0 Å². The minimum atomic E-state index is -0.637. The molecule has 69 valence electrons. The van der Waals surface area contributed by atoms with Crippen LogP contribution in [0.15, 0.2) is 0 Å².